The molecule has 6 heteroatoms. The molecule has 0 radical (unpaired) electrons. The number of nitriles is 1. The van der Waals surface area contributed by atoms with Crippen LogP contribution in [0.1, 0.15) is 12.5 Å². The lowest BCUT2D eigenvalue weighted by Crippen LogP contribution is -2.48. The number of nitrogens with one attached hydrogen (secondary N) is 1. The Morgan fingerprint density at radius 2 is 2.42 bits per heavy atom. The Hall–Kier alpha value is -2.13. The van der Waals surface area contributed by atoms with Gasteiger partial charge >= 0.3 is 6.03 Å². The predicted octanol–water partition coefficient (Wildman–Crippen LogP) is 1.95. The lowest BCUT2D eigenvalue weighted by Gasteiger charge is -2.33. The van der Waals surface area contributed by atoms with E-state index in [4.69, 9.17) is 10.00 Å². The number of halogens is 1. The standard InChI is InChI=1S/C13H14FN3O2/c1-9-8-19-5-4-17(9)13(18)16-12-3-2-11(14)6-10(12)7-15/h2-3,6,9H,4-5,8H2,1H3,(H,16,18)/t9-/m1/s1. The van der Waals surface area contributed by atoms with E-state index >= 15 is 0 Å². The predicted molar refractivity (Wildman–Crippen MR) is 67.1 cm³/mol. The first-order chi connectivity index (χ1) is 9.11. The van der Waals surface area contributed by atoms with Crippen molar-refractivity contribution in [1.82, 2.24) is 4.90 Å². The quantitative estimate of drug-likeness (QED) is 0.842. The van der Waals surface area contributed by atoms with Crippen LogP contribution in [0.25, 0.3) is 0 Å². The molecular formula is C13H14FN3O2. The monoisotopic (exact) mass is 263 g/mol. The van der Waals surface area contributed by atoms with Gasteiger partial charge in [-0.2, -0.15) is 5.26 Å². The van der Waals surface area contributed by atoms with Crippen LogP contribution in [0, 0.1) is 17.1 Å². The van der Waals surface area contributed by atoms with Gasteiger partial charge in [-0.3, -0.25) is 0 Å². The number of hydrogen-bond acceptors (Lipinski definition) is 3. The molecule has 100 valence electrons. The van der Waals surface area contributed by atoms with Crippen molar-refractivity contribution >= 4 is 11.7 Å². The van der Waals surface area contributed by atoms with E-state index in [2.05, 4.69) is 5.32 Å². The van der Waals surface area contributed by atoms with Crippen LogP contribution in [-0.4, -0.2) is 36.7 Å². The summed E-state index contributed by atoms with van der Waals surface area (Å²) in [4.78, 5) is 13.7. The maximum absolute atomic E-state index is 13.0. The Kier molecular flexibility index (Phi) is 3.97. The van der Waals surface area contributed by atoms with E-state index in [1.165, 1.54) is 12.1 Å². The summed E-state index contributed by atoms with van der Waals surface area (Å²) in [5, 5.41) is 11.5. The van der Waals surface area contributed by atoms with Crippen molar-refractivity contribution in [3.63, 3.8) is 0 Å². The molecule has 19 heavy (non-hydrogen) atoms. The summed E-state index contributed by atoms with van der Waals surface area (Å²) in [5.74, 6) is -0.505. The third kappa shape index (κ3) is 3.01. The second-order valence-electron chi connectivity index (χ2n) is 4.35. The van der Waals surface area contributed by atoms with E-state index in [-0.39, 0.29) is 17.6 Å². The molecule has 1 heterocycles. The van der Waals surface area contributed by atoms with Crippen molar-refractivity contribution in [2.45, 2.75) is 13.0 Å². The van der Waals surface area contributed by atoms with E-state index in [9.17, 15) is 9.18 Å². The topological polar surface area (TPSA) is 65.4 Å². The Balaban J connectivity index is 2.12. The van der Waals surface area contributed by atoms with E-state index in [0.717, 1.165) is 6.07 Å². The van der Waals surface area contributed by atoms with Crippen LogP contribution in [0.4, 0.5) is 14.9 Å². The first kappa shape index (κ1) is 13.3. The minimum absolute atomic E-state index is 0.0280. The first-order valence-corrected chi connectivity index (χ1v) is 5.97. The van der Waals surface area contributed by atoms with Crippen LogP contribution in [0.2, 0.25) is 0 Å². The number of rotatable bonds is 1. The van der Waals surface area contributed by atoms with Gasteiger partial charge in [0.1, 0.15) is 11.9 Å². The van der Waals surface area contributed by atoms with Gasteiger partial charge in [0.05, 0.1) is 30.5 Å². The molecule has 1 aliphatic rings. The van der Waals surface area contributed by atoms with Gasteiger partial charge < -0.3 is 15.0 Å². The summed E-state index contributed by atoms with van der Waals surface area (Å²) in [6.45, 7) is 3.36. The Bertz CT molecular complexity index is 527. The fourth-order valence-corrected chi connectivity index (χ4v) is 1.93. The van der Waals surface area contributed by atoms with Crippen LogP contribution < -0.4 is 5.32 Å². The number of hydrogen-bond donors (Lipinski definition) is 1. The molecule has 0 spiro atoms. The Morgan fingerprint density at radius 3 is 3.11 bits per heavy atom. The smallest absolute Gasteiger partial charge is 0.322 e. The minimum atomic E-state index is -0.505. The van der Waals surface area contributed by atoms with Gasteiger partial charge in [0.25, 0.3) is 0 Å². The van der Waals surface area contributed by atoms with E-state index in [0.29, 0.717) is 25.4 Å². The van der Waals surface area contributed by atoms with Crippen molar-refractivity contribution in [3.8, 4) is 6.07 Å². The third-order valence-corrected chi connectivity index (χ3v) is 2.97. The number of benzene rings is 1. The third-order valence-electron chi connectivity index (χ3n) is 2.97. The van der Waals surface area contributed by atoms with Gasteiger partial charge in [0.15, 0.2) is 0 Å². The highest BCUT2D eigenvalue weighted by Crippen LogP contribution is 2.17. The SMILES string of the molecule is C[C@@H]1COCCN1C(=O)Nc1ccc(F)cc1C#N. The molecule has 0 aromatic heterocycles. The summed E-state index contributed by atoms with van der Waals surface area (Å²) >= 11 is 0. The van der Waals surface area contributed by atoms with Gasteiger partial charge in [0, 0.05) is 6.54 Å². The zero-order valence-electron chi connectivity index (χ0n) is 10.5. The average Bonchev–Trinajstić information content (AvgIpc) is 2.41. The highest BCUT2D eigenvalue weighted by molar-refractivity contribution is 5.91. The van der Waals surface area contributed by atoms with Crippen LogP contribution in [-0.2, 0) is 4.74 Å². The molecule has 1 saturated heterocycles. The Labute approximate surface area is 110 Å². The molecule has 2 rings (SSSR count). The number of urea groups is 1. The number of carbonyl (C=O) groups excluding carboxylic acids is 1. The molecule has 5 nitrogen and oxygen atoms in total. The summed E-state index contributed by atoms with van der Waals surface area (Å²) in [7, 11) is 0. The van der Waals surface area contributed by atoms with Gasteiger partial charge in [-0.25, -0.2) is 9.18 Å². The van der Waals surface area contributed by atoms with Gasteiger partial charge in [-0.1, -0.05) is 0 Å². The highest BCUT2D eigenvalue weighted by Gasteiger charge is 2.24. The summed E-state index contributed by atoms with van der Waals surface area (Å²) in [5.41, 5.74) is 0.418. The summed E-state index contributed by atoms with van der Waals surface area (Å²) in [6, 6.07) is 5.21. The van der Waals surface area contributed by atoms with Crippen molar-refractivity contribution in [3.05, 3.63) is 29.6 Å². The molecule has 1 N–H and O–H groups in total. The van der Waals surface area contributed by atoms with Crippen LogP contribution in [0.15, 0.2) is 18.2 Å². The number of amides is 2. The molecule has 1 atom stereocenters. The van der Waals surface area contributed by atoms with Crippen LogP contribution in [0.3, 0.4) is 0 Å². The lowest BCUT2D eigenvalue weighted by molar-refractivity contribution is 0.0221. The maximum atomic E-state index is 13.0. The number of carbonyl (C=O) groups is 1. The maximum Gasteiger partial charge on any atom is 0.322 e. The number of ether oxygens (including phenoxy) is 1. The molecule has 2 amide bonds. The molecule has 1 aliphatic heterocycles. The van der Waals surface area contributed by atoms with Crippen molar-refractivity contribution in [2.75, 3.05) is 25.1 Å². The van der Waals surface area contributed by atoms with Crippen molar-refractivity contribution in [1.29, 1.82) is 5.26 Å². The van der Waals surface area contributed by atoms with E-state index in [1.807, 2.05) is 13.0 Å². The van der Waals surface area contributed by atoms with E-state index < -0.39 is 5.82 Å². The molecule has 1 aromatic rings. The fourth-order valence-electron chi connectivity index (χ4n) is 1.93. The minimum Gasteiger partial charge on any atom is -0.377 e. The fraction of sp³-hybridized carbons (Fsp3) is 0.385. The second-order valence-corrected chi connectivity index (χ2v) is 4.35. The van der Waals surface area contributed by atoms with E-state index in [1.54, 1.807) is 4.90 Å². The average molecular weight is 263 g/mol. The first-order valence-electron chi connectivity index (χ1n) is 5.97. The van der Waals surface area contributed by atoms with Gasteiger partial charge in [0.2, 0.25) is 0 Å². The summed E-state index contributed by atoms with van der Waals surface area (Å²) < 4.78 is 18.2. The van der Waals surface area contributed by atoms with Crippen molar-refractivity contribution in [2.24, 2.45) is 0 Å². The van der Waals surface area contributed by atoms with Gasteiger partial charge in [-0.05, 0) is 25.1 Å². The highest BCUT2D eigenvalue weighted by atomic mass is 19.1. The number of anilines is 1. The van der Waals surface area contributed by atoms with Crippen LogP contribution >= 0.6 is 0 Å². The largest absolute Gasteiger partial charge is 0.377 e. The normalized spacial score (nSPS) is 18.8. The van der Waals surface area contributed by atoms with Crippen molar-refractivity contribution < 1.29 is 13.9 Å². The van der Waals surface area contributed by atoms with Gasteiger partial charge in [-0.15, -0.1) is 0 Å². The van der Waals surface area contributed by atoms with Crippen LogP contribution in [0.5, 0.6) is 0 Å². The molecular weight excluding hydrogens is 249 g/mol. The zero-order chi connectivity index (χ0) is 13.8. The second kappa shape index (κ2) is 5.67. The molecule has 0 unspecified atom stereocenters. The Morgan fingerprint density at radius 1 is 1.63 bits per heavy atom. The molecule has 1 aromatic carbocycles. The molecule has 0 bridgehead atoms. The lowest BCUT2D eigenvalue weighted by atomic mass is 10.2. The number of nitrogens with zero attached hydrogens (tertiary/aromatic N) is 2. The molecule has 0 saturated carbocycles. The summed E-state index contributed by atoms with van der Waals surface area (Å²) in [6.07, 6.45) is 0. The molecule has 0 aliphatic carbocycles. The zero-order valence-corrected chi connectivity index (χ0v) is 10.5. The number of morpholine rings is 1. The molecule has 1 fully saturated rings.